The van der Waals surface area contributed by atoms with Gasteiger partial charge in [-0.15, -0.1) is 0 Å². The molecule has 4 aromatic rings. The van der Waals surface area contributed by atoms with Crippen LogP contribution in [0.4, 0.5) is 14.5 Å². The summed E-state index contributed by atoms with van der Waals surface area (Å²) in [6, 6.07) is 17.3. The molecule has 4 rings (SSSR count). The topological polar surface area (TPSA) is 88.1 Å². The van der Waals surface area contributed by atoms with Crippen LogP contribution in [0, 0.1) is 29.9 Å². The van der Waals surface area contributed by atoms with Crippen molar-refractivity contribution >= 4 is 11.6 Å². The molecule has 6 nitrogen and oxygen atoms in total. The van der Waals surface area contributed by atoms with Gasteiger partial charge in [-0.25, -0.2) is 13.8 Å². The molecule has 0 saturated heterocycles. The lowest BCUT2D eigenvalue weighted by Crippen LogP contribution is -2.13. The maximum Gasteiger partial charge on any atom is 0.224 e. The quantitative estimate of drug-likeness (QED) is 0.357. The van der Waals surface area contributed by atoms with Gasteiger partial charge in [0, 0.05) is 24.6 Å². The van der Waals surface area contributed by atoms with E-state index in [4.69, 9.17) is 14.4 Å². The first-order valence-electron chi connectivity index (χ1n) is 10.4. The van der Waals surface area contributed by atoms with Crippen molar-refractivity contribution in [1.82, 2.24) is 4.98 Å². The van der Waals surface area contributed by atoms with Gasteiger partial charge < -0.3 is 14.5 Å². The minimum absolute atomic E-state index is 0.101. The third-order valence-corrected chi connectivity index (χ3v) is 5.01. The minimum atomic E-state index is -0.748. The second-order valence-corrected chi connectivity index (χ2v) is 7.51. The van der Waals surface area contributed by atoms with Crippen LogP contribution < -0.4 is 10.1 Å². The molecular formula is C26H19F2N3O3. The van der Waals surface area contributed by atoms with E-state index in [-0.39, 0.29) is 36.0 Å². The van der Waals surface area contributed by atoms with Gasteiger partial charge in [0.15, 0.2) is 11.7 Å². The van der Waals surface area contributed by atoms with Crippen LogP contribution in [0.5, 0.6) is 11.5 Å². The van der Waals surface area contributed by atoms with E-state index in [1.165, 1.54) is 12.3 Å². The first-order chi connectivity index (χ1) is 16.4. The Bertz CT molecular complexity index is 1380. The standard InChI is InChI=1S/C26H19F2N3O3/c1-16-12-20(33-19-5-2-17(14-29)3-6-19)7-9-23(16)31-25(32)10-11-26-30-15-24(34-26)21-8-4-18(27)13-22(21)28/h2-9,12-13,15H,10-11H2,1H3,(H,31,32). The number of aryl methyl sites for hydroxylation is 2. The van der Waals surface area contributed by atoms with Crippen LogP contribution in [0.15, 0.2) is 71.3 Å². The molecule has 0 saturated carbocycles. The van der Waals surface area contributed by atoms with Crippen molar-refractivity contribution in [2.24, 2.45) is 0 Å². The number of anilines is 1. The van der Waals surface area contributed by atoms with Gasteiger partial charge in [0.05, 0.1) is 23.4 Å². The average Bonchev–Trinajstić information content (AvgIpc) is 3.29. The average molecular weight is 459 g/mol. The molecule has 170 valence electrons. The van der Waals surface area contributed by atoms with Gasteiger partial charge in [0.1, 0.15) is 23.1 Å². The molecule has 0 aliphatic carbocycles. The van der Waals surface area contributed by atoms with E-state index in [0.717, 1.165) is 17.7 Å². The van der Waals surface area contributed by atoms with E-state index in [9.17, 15) is 13.6 Å². The number of nitriles is 1. The number of hydrogen-bond acceptors (Lipinski definition) is 5. The summed E-state index contributed by atoms with van der Waals surface area (Å²) >= 11 is 0. The Morgan fingerprint density at radius 3 is 2.56 bits per heavy atom. The molecular weight excluding hydrogens is 440 g/mol. The summed E-state index contributed by atoms with van der Waals surface area (Å²) in [7, 11) is 0. The van der Waals surface area contributed by atoms with Gasteiger partial charge in [-0.1, -0.05) is 0 Å². The van der Waals surface area contributed by atoms with Crippen molar-refractivity contribution in [3.8, 4) is 28.9 Å². The van der Waals surface area contributed by atoms with Gasteiger partial charge in [-0.3, -0.25) is 4.79 Å². The fraction of sp³-hybridized carbons (Fsp3) is 0.115. The van der Waals surface area contributed by atoms with E-state index in [0.29, 0.717) is 22.7 Å². The number of carbonyl (C=O) groups is 1. The summed E-state index contributed by atoms with van der Waals surface area (Å²) in [5, 5.41) is 11.7. The molecule has 8 heteroatoms. The Labute approximate surface area is 194 Å². The van der Waals surface area contributed by atoms with Gasteiger partial charge in [-0.2, -0.15) is 5.26 Å². The summed E-state index contributed by atoms with van der Waals surface area (Å²) in [5.41, 5.74) is 2.09. The highest BCUT2D eigenvalue weighted by Crippen LogP contribution is 2.27. The van der Waals surface area contributed by atoms with Crippen molar-refractivity contribution in [2.75, 3.05) is 5.32 Å². The number of amides is 1. The lowest BCUT2D eigenvalue weighted by atomic mass is 10.1. The first kappa shape index (κ1) is 22.7. The van der Waals surface area contributed by atoms with Crippen molar-refractivity contribution in [1.29, 1.82) is 5.26 Å². The van der Waals surface area contributed by atoms with Crippen molar-refractivity contribution in [3.63, 3.8) is 0 Å². The molecule has 0 bridgehead atoms. The number of oxazole rings is 1. The molecule has 1 N–H and O–H groups in total. The molecule has 1 heterocycles. The fourth-order valence-corrected chi connectivity index (χ4v) is 3.25. The highest BCUT2D eigenvalue weighted by molar-refractivity contribution is 5.91. The maximum absolute atomic E-state index is 13.9. The first-order valence-corrected chi connectivity index (χ1v) is 10.4. The highest BCUT2D eigenvalue weighted by Gasteiger charge is 2.13. The number of nitrogens with zero attached hydrogens (tertiary/aromatic N) is 2. The number of halogens is 2. The third-order valence-electron chi connectivity index (χ3n) is 5.01. The van der Waals surface area contributed by atoms with E-state index in [1.54, 1.807) is 42.5 Å². The molecule has 0 unspecified atom stereocenters. The van der Waals surface area contributed by atoms with Crippen LogP contribution in [-0.2, 0) is 11.2 Å². The predicted molar refractivity (Wildman–Crippen MR) is 121 cm³/mol. The largest absolute Gasteiger partial charge is 0.457 e. The van der Waals surface area contributed by atoms with Crippen LogP contribution in [0.3, 0.4) is 0 Å². The monoisotopic (exact) mass is 459 g/mol. The van der Waals surface area contributed by atoms with E-state index >= 15 is 0 Å². The summed E-state index contributed by atoms with van der Waals surface area (Å²) in [6.45, 7) is 1.85. The molecule has 0 fully saturated rings. The second-order valence-electron chi connectivity index (χ2n) is 7.51. The van der Waals surface area contributed by atoms with Gasteiger partial charge in [0.25, 0.3) is 0 Å². The Morgan fingerprint density at radius 2 is 1.85 bits per heavy atom. The molecule has 1 aromatic heterocycles. The number of benzene rings is 3. The Morgan fingerprint density at radius 1 is 1.09 bits per heavy atom. The summed E-state index contributed by atoms with van der Waals surface area (Å²) in [4.78, 5) is 16.5. The summed E-state index contributed by atoms with van der Waals surface area (Å²) in [5.74, 6) is -0.0270. The number of carbonyl (C=O) groups excluding carboxylic acids is 1. The van der Waals surface area contributed by atoms with Crippen molar-refractivity contribution in [2.45, 2.75) is 19.8 Å². The normalized spacial score (nSPS) is 10.5. The van der Waals surface area contributed by atoms with E-state index < -0.39 is 11.6 Å². The zero-order chi connectivity index (χ0) is 24.1. The number of hydrogen-bond donors (Lipinski definition) is 1. The van der Waals surface area contributed by atoms with Gasteiger partial charge in [0.2, 0.25) is 5.91 Å². The zero-order valence-corrected chi connectivity index (χ0v) is 18.1. The third kappa shape index (κ3) is 5.45. The Balaban J connectivity index is 1.33. The van der Waals surface area contributed by atoms with Gasteiger partial charge >= 0.3 is 0 Å². The molecule has 0 radical (unpaired) electrons. The molecule has 0 aliphatic rings. The molecule has 0 aliphatic heterocycles. The minimum Gasteiger partial charge on any atom is -0.457 e. The zero-order valence-electron chi connectivity index (χ0n) is 18.1. The molecule has 34 heavy (non-hydrogen) atoms. The number of ether oxygens (including phenoxy) is 1. The van der Waals surface area contributed by atoms with E-state index in [2.05, 4.69) is 16.4 Å². The highest BCUT2D eigenvalue weighted by atomic mass is 19.1. The number of rotatable bonds is 7. The number of aromatic nitrogens is 1. The maximum atomic E-state index is 13.9. The lowest BCUT2D eigenvalue weighted by Gasteiger charge is -2.11. The van der Waals surface area contributed by atoms with Crippen molar-refractivity contribution in [3.05, 3.63) is 95.5 Å². The van der Waals surface area contributed by atoms with Crippen LogP contribution in [0.2, 0.25) is 0 Å². The number of nitrogens with one attached hydrogen (secondary N) is 1. The lowest BCUT2D eigenvalue weighted by molar-refractivity contribution is -0.116. The molecule has 1 amide bonds. The Kier molecular flexibility index (Phi) is 6.64. The molecule has 0 spiro atoms. The molecule has 0 atom stereocenters. The predicted octanol–water partition coefficient (Wildman–Crippen LogP) is 6.16. The van der Waals surface area contributed by atoms with Crippen LogP contribution in [-0.4, -0.2) is 10.9 Å². The van der Waals surface area contributed by atoms with Crippen LogP contribution >= 0.6 is 0 Å². The SMILES string of the molecule is Cc1cc(Oc2ccc(C#N)cc2)ccc1NC(=O)CCc1ncc(-c2ccc(F)cc2F)o1. The van der Waals surface area contributed by atoms with Crippen molar-refractivity contribution < 1.29 is 22.7 Å². The second kappa shape index (κ2) is 9.96. The summed E-state index contributed by atoms with van der Waals surface area (Å²) < 4.78 is 38.3. The smallest absolute Gasteiger partial charge is 0.224 e. The Hall–Kier alpha value is -4.51. The fourth-order valence-electron chi connectivity index (χ4n) is 3.25. The van der Waals surface area contributed by atoms with E-state index in [1.807, 2.05) is 6.92 Å². The molecule has 3 aromatic carbocycles. The van der Waals surface area contributed by atoms with Crippen LogP contribution in [0.25, 0.3) is 11.3 Å². The summed E-state index contributed by atoms with van der Waals surface area (Å²) in [6.07, 6.45) is 1.67. The van der Waals surface area contributed by atoms with Gasteiger partial charge in [-0.05, 0) is 67.1 Å². The van der Waals surface area contributed by atoms with Crippen LogP contribution in [0.1, 0.15) is 23.4 Å².